The monoisotopic (exact) mass is 285 g/mol. The van der Waals surface area contributed by atoms with Crippen molar-refractivity contribution >= 4 is 5.91 Å². The minimum atomic E-state index is -2.87. The first-order valence-electron chi connectivity index (χ1n) is 6.44. The zero-order chi connectivity index (χ0) is 14.8. The molecule has 1 fully saturated rings. The van der Waals surface area contributed by atoms with Gasteiger partial charge >= 0.3 is 6.61 Å². The second kappa shape index (κ2) is 5.75. The number of carbonyl (C=O) groups excluding carboxylic acids is 1. The maximum absolute atomic E-state index is 12.2. The Morgan fingerprint density at radius 3 is 2.35 bits per heavy atom. The number of benzene rings is 1. The van der Waals surface area contributed by atoms with Crippen molar-refractivity contribution in [3.8, 4) is 5.75 Å². The van der Waals surface area contributed by atoms with E-state index in [0.29, 0.717) is 31.5 Å². The van der Waals surface area contributed by atoms with E-state index in [-0.39, 0.29) is 11.7 Å². The Balaban J connectivity index is 1.99. The zero-order valence-corrected chi connectivity index (χ0v) is 11.2. The lowest BCUT2D eigenvalue weighted by Crippen LogP contribution is -2.45. The minimum Gasteiger partial charge on any atom is -0.435 e. The van der Waals surface area contributed by atoms with Crippen molar-refractivity contribution in [1.29, 1.82) is 0 Å². The SMILES string of the molecule is CC1(O)CCN(C(=O)c2ccc(OC(F)F)cc2)CC1. The summed E-state index contributed by atoms with van der Waals surface area (Å²) in [5.41, 5.74) is -0.292. The molecule has 1 saturated heterocycles. The summed E-state index contributed by atoms with van der Waals surface area (Å²) in [5.74, 6) is -0.137. The van der Waals surface area contributed by atoms with Gasteiger partial charge in [0.05, 0.1) is 5.60 Å². The fourth-order valence-electron chi connectivity index (χ4n) is 2.15. The van der Waals surface area contributed by atoms with Gasteiger partial charge in [-0.3, -0.25) is 4.79 Å². The number of piperidine rings is 1. The fraction of sp³-hybridized carbons (Fsp3) is 0.500. The van der Waals surface area contributed by atoms with Crippen LogP contribution in [-0.4, -0.2) is 41.2 Å². The van der Waals surface area contributed by atoms with Crippen molar-refractivity contribution in [2.24, 2.45) is 0 Å². The molecule has 0 radical (unpaired) electrons. The molecule has 1 heterocycles. The summed E-state index contributed by atoms with van der Waals surface area (Å²) >= 11 is 0. The van der Waals surface area contributed by atoms with Crippen molar-refractivity contribution in [3.05, 3.63) is 29.8 Å². The fourth-order valence-corrected chi connectivity index (χ4v) is 2.15. The number of alkyl halides is 2. The molecule has 0 aromatic heterocycles. The maximum Gasteiger partial charge on any atom is 0.387 e. The topological polar surface area (TPSA) is 49.8 Å². The first-order valence-corrected chi connectivity index (χ1v) is 6.44. The Morgan fingerprint density at radius 1 is 1.30 bits per heavy atom. The van der Waals surface area contributed by atoms with Gasteiger partial charge in [-0.25, -0.2) is 0 Å². The predicted octanol–water partition coefficient (Wildman–Crippen LogP) is 2.28. The zero-order valence-electron chi connectivity index (χ0n) is 11.2. The van der Waals surface area contributed by atoms with Crippen LogP contribution in [0.2, 0.25) is 0 Å². The smallest absolute Gasteiger partial charge is 0.387 e. The molecule has 0 aliphatic carbocycles. The van der Waals surface area contributed by atoms with Crippen molar-refractivity contribution in [2.75, 3.05) is 13.1 Å². The second-order valence-corrected chi connectivity index (χ2v) is 5.19. The summed E-state index contributed by atoms with van der Waals surface area (Å²) in [7, 11) is 0. The number of amides is 1. The van der Waals surface area contributed by atoms with Gasteiger partial charge in [0, 0.05) is 18.7 Å². The van der Waals surface area contributed by atoms with Crippen molar-refractivity contribution in [2.45, 2.75) is 32.0 Å². The van der Waals surface area contributed by atoms with E-state index in [4.69, 9.17) is 0 Å². The molecule has 0 atom stereocenters. The molecule has 1 aliphatic rings. The van der Waals surface area contributed by atoms with Crippen LogP contribution < -0.4 is 4.74 Å². The van der Waals surface area contributed by atoms with Crippen LogP contribution in [0.3, 0.4) is 0 Å². The Bertz CT molecular complexity index is 464. The molecule has 1 N–H and O–H groups in total. The van der Waals surface area contributed by atoms with Crippen molar-refractivity contribution in [1.82, 2.24) is 4.90 Å². The first-order chi connectivity index (χ1) is 9.37. The molecule has 2 rings (SSSR count). The molecule has 6 heteroatoms. The lowest BCUT2D eigenvalue weighted by Gasteiger charge is -2.35. The van der Waals surface area contributed by atoms with Crippen molar-refractivity contribution < 1.29 is 23.4 Å². The summed E-state index contributed by atoms with van der Waals surface area (Å²) in [6.45, 7) is -0.144. The molecule has 0 bridgehead atoms. The normalized spacial score (nSPS) is 18.1. The lowest BCUT2D eigenvalue weighted by molar-refractivity contribution is -0.0498. The van der Waals surface area contributed by atoms with Crippen LogP contribution >= 0.6 is 0 Å². The van der Waals surface area contributed by atoms with E-state index in [0.717, 1.165) is 0 Å². The van der Waals surface area contributed by atoms with Gasteiger partial charge in [0.2, 0.25) is 0 Å². The highest BCUT2D eigenvalue weighted by Gasteiger charge is 2.29. The van der Waals surface area contributed by atoms with Gasteiger partial charge < -0.3 is 14.7 Å². The van der Waals surface area contributed by atoms with Gasteiger partial charge in [-0.1, -0.05) is 0 Å². The number of halogens is 2. The highest BCUT2D eigenvalue weighted by atomic mass is 19.3. The number of nitrogens with zero attached hydrogens (tertiary/aromatic N) is 1. The highest BCUT2D eigenvalue weighted by Crippen LogP contribution is 2.23. The molecule has 20 heavy (non-hydrogen) atoms. The number of likely N-dealkylation sites (tertiary alicyclic amines) is 1. The third kappa shape index (κ3) is 3.66. The number of carbonyl (C=O) groups is 1. The van der Waals surface area contributed by atoms with Crippen LogP contribution in [0.1, 0.15) is 30.1 Å². The Morgan fingerprint density at radius 2 is 1.85 bits per heavy atom. The van der Waals surface area contributed by atoms with E-state index in [1.165, 1.54) is 24.3 Å². The van der Waals surface area contributed by atoms with E-state index in [9.17, 15) is 18.7 Å². The van der Waals surface area contributed by atoms with E-state index >= 15 is 0 Å². The first kappa shape index (κ1) is 14.7. The Hall–Kier alpha value is -1.69. The van der Waals surface area contributed by atoms with Crippen LogP contribution in [0.5, 0.6) is 5.75 Å². The molecule has 110 valence electrons. The standard InChI is InChI=1S/C14H17F2NO3/c1-14(19)6-8-17(9-7-14)12(18)10-2-4-11(5-3-10)20-13(15)16/h2-5,13,19H,6-9H2,1H3. The minimum absolute atomic E-state index is 0.0260. The highest BCUT2D eigenvalue weighted by molar-refractivity contribution is 5.94. The van der Waals surface area contributed by atoms with Gasteiger partial charge in [-0.2, -0.15) is 8.78 Å². The summed E-state index contributed by atoms with van der Waals surface area (Å²) in [6, 6.07) is 5.62. The van der Waals surface area contributed by atoms with E-state index in [1.54, 1.807) is 11.8 Å². The van der Waals surface area contributed by atoms with Crippen LogP contribution in [0.15, 0.2) is 24.3 Å². The van der Waals surface area contributed by atoms with Gasteiger partial charge in [0.1, 0.15) is 5.75 Å². The van der Waals surface area contributed by atoms with E-state index in [2.05, 4.69) is 4.74 Å². The lowest BCUT2D eigenvalue weighted by atomic mass is 9.93. The molecule has 0 saturated carbocycles. The number of ether oxygens (including phenoxy) is 1. The largest absolute Gasteiger partial charge is 0.435 e. The number of rotatable bonds is 3. The molecule has 0 unspecified atom stereocenters. The maximum atomic E-state index is 12.2. The summed E-state index contributed by atoms with van der Waals surface area (Å²) in [4.78, 5) is 13.9. The van der Waals surface area contributed by atoms with Crippen LogP contribution in [0.4, 0.5) is 8.78 Å². The number of hydrogen-bond acceptors (Lipinski definition) is 3. The van der Waals surface area contributed by atoms with E-state index < -0.39 is 12.2 Å². The van der Waals surface area contributed by atoms with Crippen LogP contribution in [0.25, 0.3) is 0 Å². The second-order valence-electron chi connectivity index (χ2n) is 5.19. The average molecular weight is 285 g/mol. The summed E-state index contributed by atoms with van der Waals surface area (Å²) < 4.78 is 28.3. The summed E-state index contributed by atoms with van der Waals surface area (Å²) in [5, 5.41) is 9.84. The van der Waals surface area contributed by atoms with Gasteiger partial charge in [-0.05, 0) is 44.0 Å². The Labute approximate surface area is 116 Å². The molecular formula is C14H17F2NO3. The number of hydrogen-bond donors (Lipinski definition) is 1. The molecular weight excluding hydrogens is 268 g/mol. The van der Waals surface area contributed by atoms with Gasteiger partial charge in [0.25, 0.3) is 5.91 Å². The quantitative estimate of drug-likeness (QED) is 0.927. The number of aliphatic hydroxyl groups is 1. The van der Waals surface area contributed by atoms with E-state index in [1.807, 2.05) is 0 Å². The molecule has 0 spiro atoms. The van der Waals surface area contributed by atoms with Gasteiger partial charge in [0.15, 0.2) is 0 Å². The molecule has 1 aromatic rings. The molecule has 1 aliphatic heterocycles. The predicted molar refractivity (Wildman–Crippen MR) is 68.8 cm³/mol. The Kier molecular flexibility index (Phi) is 4.23. The average Bonchev–Trinajstić information content (AvgIpc) is 2.38. The molecule has 1 amide bonds. The third-order valence-electron chi connectivity index (χ3n) is 3.45. The third-order valence-corrected chi connectivity index (χ3v) is 3.45. The van der Waals surface area contributed by atoms with Crippen LogP contribution in [-0.2, 0) is 0 Å². The van der Waals surface area contributed by atoms with Gasteiger partial charge in [-0.15, -0.1) is 0 Å². The van der Waals surface area contributed by atoms with Crippen LogP contribution in [0, 0.1) is 0 Å². The molecule has 1 aromatic carbocycles. The summed E-state index contributed by atoms with van der Waals surface area (Å²) in [6.07, 6.45) is 1.07. The molecule has 4 nitrogen and oxygen atoms in total. The van der Waals surface area contributed by atoms with Crippen molar-refractivity contribution in [3.63, 3.8) is 0 Å².